The maximum Gasteiger partial charge on any atom is 0.407 e. The summed E-state index contributed by atoms with van der Waals surface area (Å²) in [6.07, 6.45) is 3.13. The summed E-state index contributed by atoms with van der Waals surface area (Å²) in [6, 6.07) is 11.8. The summed E-state index contributed by atoms with van der Waals surface area (Å²) in [7, 11) is 1.65. The van der Waals surface area contributed by atoms with Gasteiger partial charge in [0.1, 0.15) is 17.2 Å². The molecule has 33 heavy (non-hydrogen) atoms. The van der Waals surface area contributed by atoms with Crippen LogP contribution in [-0.2, 0) is 11.3 Å². The second-order valence-electron chi connectivity index (χ2n) is 8.93. The van der Waals surface area contributed by atoms with Crippen molar-refractivity contribution in [3.05, 3.63) is 54.4 Å². The molecule has 0 saturated carbocycles. The van der Waals surface area contributed by atoms with Crippen LogP contribution in [0, 0.1) is 5.92 Å². The third-order valence-electron chi connectivity index (χ3n) is 4.79. The quantitative estimate of drug-likeness (QED) is 0.506. The van der Waals surface area contributed by atoms with E-state index in [0.29, 0.717) is 19.6 Å². The fourth-order valence-corrected chi connectivity index (χ4v) is 3.07. The zero-order valence-electron chi connectivity index (χ0n) is 19.8. The number of amides is 1. The molecule has 0 saturated heterocycles. The Hall–Kier alpha value is -3.62. The highest BCUT2D eigenvalue weighted by atomic mass is 16.6. The lowest BCUT2D eigenvalue weighted by Gasteiger charge is -2.21. The Labute approximate surface area is 194 Å². The molecular formula is C24H32N6O3. The van der Waals surface area contributed by atoms with Crippen molar-refractivity contribution in [2.45, 2.75) is 39.8 Å². The molecular weight excluding hydrogens is 420 g/mol. The Morgan fingerprint density at radius 1 is 1.09 bits per heavy atom. The number of rotatable bonds is 9. The molecule has 0 aliphatic heterocycles. The molecule has 176 valence electrons. The van der Waals surface area contributed by atoms with Crippen LogP contribution in [0.3, 0.4) is 0 Å². The molecule has 1 atom stereocenters. The number of carbonyl (C=O) groups is 1. The van der Waals surface area contributed by atoms with E-state index in [0.717, 1.165) is 28.4 Å². The SMILES string of the molecule is COc1ccc(Cn2nncc2-c2ccc(NCC(C)CNC(=O)OC(C)(C)C)nc2)cc1. The van der Waals surface area contributed by atoms with Gasteiger partial charge in [0.05, 0.1) is 25.5 Å². The first kappa shape index (κ1) is 24.0. The van der Waals surface area contributed by atoms with Gasteiger partial charge in [-0.1, -0.05) is 24.3 Å². The van der Waals surface area contributed by atoms with E-state index in [4.69, 9.17) is 9.47 Å². The minimum Gasteiger partial charge on any atom is -0.497 e. The number of carbonyl (C=O) groups excluding carboxylic acids is 1. The highest BCUT2D eigenvalue weighted by molar-refractivity contribution is 5.67. The Morgan fingerprint density at radius 3 is 2.48 bits per heavy atom. The molecule has 0 radical (unpaired) electrons. The van der Waals surface area contributed by atoms with Gasteiger partial charge in [-0.05, 0) is 56.5 Å². The van der Waals surface area contributed by atoms with Crippen LogP contribution >= 0.6 is 0 Å². The Balaban J connectivity index is 1.52. The first-order valence-electron chi connectivity index (χ1n) is 10.9. The monoisotopic (exact) mass is 452 g/mol. The van der Waals surface area contributed by atoms with Gasteiger partial charge in [0, 0.05) is 24.8 Å². The average molecular weight is 453 g/mol. The smallest absolute Gasteiger partial charge is 0.407 e. The molecule has 1 aromatic carbocycles. The largest absolute Gasteiger partial charge is 0.497 e. The van der Waals surface area contributed by atoms with Crippen LogP contribution in [0.25, 0.3) is 11.3 Å². The maximum atomic E-state index is 11.8. The predicted molar refractivity (Wildman–Crippen MR) is 127 cm³/mol. The van der Waals surface area contributed by atoms with E-state index in [2.05, 4.69) is 25.9 Å². The molecule has 3 rings (SSSR count). The summed E-state index contributed by atoms with van der Waals surface area (Å²) < 4.78 is 12.3. The van der Waals surface area contributed by atoms with Crippen LogP contribution in [-0.4, -0.2) is 51.9 Å². The zero-order chi connectivity index (χ0) is 23.8. The van der Waals surface area contributed by atoms with Gasteiger partial charge < -0.3 is 20.1 Å². The van der Waals surface area contributed by atoms with Crippen molar-refractivity contribution in [1.29, 1.82) is 0 Å². The van der Waals surface area contributed by atoms with E-state index >= 15 is 0 Å². The average Bonchev–Trinajstić information content (AvgIpc) is 3.24. The van der Waals surface area contributed by atoms with Crippen LogP contribution in [0.5, 0.6) is 5.75 Å². The number of nitrogens with one attached hydrogen (secondary N) is 2. The van der Waals surface area contributed by atoms with Crippen molar-refractivity contribution in [2.24, 2.45) is 5.92 Å². The number of hydrogen-bond acceptors (Lipinski definition) is 7. The molecule has 1 amide bonds. The fraction of sp³-hybridized carbons (Fsp3) is 0.417. The van der Waals surface area contributed by atoms with E-state index < -0.39 is 11.7 Å². The number of aromatic nitrogens is 4. The highest BCUT2D eigenvalue weighted by Gasteiger charge is 2.16. The molecule has 0 aliphatic carbocycles. The summed E-state index contributed by atoms with van der Waals surface area (Å²) in [6.45, 7) is 9.35. The summed E-state index contributed by atoms with van der Waals surface area (Å²) in [5, 5.41) is 14.4. The number of pyridine rings is 1. The van der Waals surface area contributed by atoms with Crippen LogP contribution in [0.4, 0.5) is 10.6 Å². The molecule has 9 heteroatoms. The minimum absolute atomic E-state index is 0.203. The molecule has 0 spiro atoms. The van der Waals surface area contributed by atoms with Gasteiger partial charge >= 0.3 is 6.09 Å². The van der Waals surface area contributed by atoms with Gasteiger partial charge in [-0.3, -0.25) is 0 Å². The summed E-state index contributed by atoms with van der Waals surface area (Å²) in [4.78, 5) is 16.3. The van der Waals surface area contributed by atoms with E-state index in [1.807, 2.05) is 68.8 Å². The van der Waals surface area contributed by atoms with Gasteiger partial charge in [-0.2, -0.15) is 0 Å². The molecule has 0 bridgehead atoms. The third-order valence-corrected chi connectivity index (χ3v) is 4.79. The Kier molecular flexibility index (Phi) is 7.87. The second-order valence-corrected chi connectivity index (χ2v) is 8.93. The molecule has 1 unspecified atom stereocenters. The minimum atomic E-state index is -0.503. The molecule has 2 heterocycles. The van der Waals surface area contributed by atoms with E-state index in [-0.39, 0.29) is 5.92 Å². The number of hydrogen-bond donors (Lipinski definition) is 2. The predicted octanol–water partition coefficient (Wildman–Crippen LogP) is 3.97. The Bertz CT molecular complexity index is 1030. The zero-order valence-corrected chi connectivity index (χ0v) is 19.8. The van der Waals surface area contributed by atoms with Gasteiger partial charge in [-0.25, -0.2) is 14.5 Å². The van der Waals surface area contributed by atoms with Crippen molar-refractivity contribution < 1.29 is 14.3 Å². The van der Waals surface area contributed by atoms with Gasteiger partial charge in [0.15, 0.2) is 0 Å². The van der Waals surface area contributed by atoms with Crippen molar-refractivity contribution in [1.82, 2.24) is 25.3 Å². The van der Waals surface area contributed by atoms with Crippen LogP contribution in [0.1, 0.15) is 33.3 Å². The van der Waals surface area contributed by atoms with Crippen molar-refractivity contribution in [3.63, 3.8) is 0 Å². The maximum absolute atomic E-state index is 11.8. The lowest BCUT2D eigenvalue weighted by molar-refractivity contribution is 0.0521. The Morgan fingerprint density at radius 2 is 1.85 bits per heavy atom. The molecule has 0 fully saturated rings. The van der Waals surface area contributed by atoms with Gasteiger partial charge in [-0.15, -0.1) is 5.10 Å². The number of alkyl carbamates (subject to hydrolysis) is 1. The van der Waals surface area contributed by atoms with Crippen molar-refractivity contribution in [2.75, 3.05) is 25.5 Å². The first-order valence-corrected chi connectivity index (χ1v) is 10.9. The fourth-order valence-electron chi connectivity index (χ4n) is 3.07. The molecule has 3 aromatic rings. The third kappa shape index (κ3) is 7.48. The van der Waals surface area contributed by atoms with Crippen LogP contribution in [0.15, 0.2) is 48.8 Å². The van der Waals surface area contributed by atoms with Crippen molar-refractivity contribution >= 4 is 11.9 Å². The second kappa shape index (κ2) is 10.8. The standard InChI is InChI=1S/C24H32N6O3/c1-17(13-27-23(31)33-24(2,3)4)12-25-22-11-8-19(14-26-22)21-15-28-29-30(21)16-18-6-9-20(32-5)10-7-18/h6-11,14-15,17H,12-13,16H2,1-5H3,(H,25,26)(H,27,31). The van der Waals surface area contributed by atoms with E-state index in [1.54, 1.807) is 19.5 Å². The molecule has 9 nitrogen and oxygen atoms in total. The number of methoxy groups -OCH3 is 1. The lowest BCUT2D eigenvalue weighted by Crippen LogP contribution is -2.36. The van der Waals surface area contributed by atoms with Gasteiger partial charge in [0.2, 0.25) is 0 Å². The van der Waals surface area contributed by atoms with E-state index in [9.17, 15) is 4.79 Å². The first-order chi connectivity index (χ1) is 15.7. The topological polar surface area (TPSA) is 103 Å². The van der Waals surface area contributed by atoms with Crippen LogP contribution in [0.2, 0.25) is 0 Å². The van der Waals surface area contributed by atoms with E-state index in [1.165, 1.54) is 0 Å². The number of ether oxygens (including phenoxy) is 2. The number of benzene rings is 1. The highest BCUT2D eigenvalue weighted by Crippen LogP contribution is 2.20. The number of anilines is 1. The molecule has 2 aromatic heterocycles. The van der Waals surface area contributed by atoms with Crippen LogP contribution < -0.4 is 15.4 Å². The molecule has 0 aliphatic rings. The molecule has 2 N–H and O–H groups in total. The summed E-state index contributed by atoms with van der Waals surface area (Å²) in [5.74, 6) is 1.78. The summed E-state index contributed by atoms with van der Waals surface area (Å²) >= 11 is 0. The van der Waals surface area contributed by atoms with Gasteiger partial charge in [0.25, 0.3) is 0 Å². The number of nitrogens with zero attached hydrogens (tertiary/aromatic N) is 4. The normalized spacial score (nSPS) is 12.2. The lowest BCUT2D eigenvalue weighted by atomic mass is 10.1. The summed E-state index contributed by atoms with van der Waals surface area (Å²) in [5.41, 5.74) is 2.41. The van der Waals surface area contributed by atoms with Crippen molar-refractivity contribution in [3.8, 4) is 17.0 Å².